The predicted octanol–water partition coefficient (Wildman–Crippen LogP) is 3.11. The molecule has 1 heterocycles. The number of aromatic nitrogens is 2. The maximum absolute atomic E-state index is 14.6. The van der Waals surface area contributed by atoms with E-state index in [0.29, 0.717) is 42.4 Å². The largest absolute Gasteiger partial charge is 0.454 e. The van der Waals surface area contributed by atoms with E-state index in [1.807, 2.05) is 11.5 Å². The number of imidazole rings is 1. The SMILES string of the molecule is CCOCCn1c(CNC(=O)[C@H](C)N)nc2cc(F)c(Oc3ccc(F)cc3)cc21. The summed E-state index contributed by atoms with van der Waals surface area (Å²) < 4.78 is 40.6. The Labute approximate surface area is 172 Å². The molecule has 0 radical (unpaired) electrons. The Morgan fingerprint density at radius 1 is 1.27 bits per heavy atom. The molecule has 0 saturated heterocycles. The van der Waals surface area contributed by atoms with Crippen molar-refractivity contribution in [2.45, 2.75) is 33.0 Å². The fourth-order valence-electron chi connectivity index (χ4n) is 2.90. The number of rotatable bonds is 9. The summed E-state index contributed by atoms with van der Waals surface area (Å²) in [4.78, 5) is 16.3. The highest BCUT2D eigenvalue weighted by Crippen LogP contribution is 2.29. The van der Waals surface area contributed by atoms with Crippen molar-refractivity contribution in [3.63, 3.8) is 0 Å². The molecule has 0 aliphatic heterocycles. The van der Waals surface area contributed by atoms with Crippen molar-refractivity contribution >= 4 is 16.9 Å². The third-order valence-electron chi connectivity index (χ3n) is 4.42. The van der Waals surface area contributed by atoms with Gasteiger partial charge >= 0.3 is 0 Å². The number of amides is 1. The summed E-state index contributed by atoms with van der Waals surface area (Å²) in [5, 5.41) is 2.72. The summed E-state index contributed by atoms with van der Waals surface area (Å²) in [5.74, 6) is -0.502. The molecule has 1 amide bonds. The van der Waals surface area contributed by atoms with Gasteiger partial charge in [0.2, 0.25) is 5.91 Å². The minimum atomic E-state index is -0.653. The minimum absolute atomic E-state index is 0.0159. The van der Waals surface area contributed by atoms with Gasteiger partial charge in [-0.3, -0.25) is 4.79 Å². The number of hydrogen-bond acceptors (Lipinski definition) is 5. The van der Waals surface area contributed by atoms with Gasteiger partial charge in [0.1, 0.15) is 17.4 Å². The molecule has 3 rings (SSSR count). The predicted molar refractivity (Wildman–Crippen MR) is 108 cm³/mol. The Kier molecular flexibility index (Phi) is 6.96. The number of benzene rings is 2. The van der Waals surface area contributed by atoms with Crippen molar-refractivity contribution in [1.82, 2.24) is 14.9 Å². The van der Waals surface area contributed by atoms with Gasteiger partial charge in [0.25, 0.3) is 0 Å². The molecule has 0 aliphatic rings. The maximum atomic E-state index is 14.6. The van der Waals surface area contributed by atoms with Crippen molar-refractivity contribution in [2.24, 2.45) is 5.73 Å². The number of fused-ring (bicyclic) bond motifs is 1. The highest BCUT2D eigenvalue weighted by atomic mass is 19.1. The van der Waals surface area contributed by atoms with Crippen LogP contribution in [0.25, 0.3) is 11.0 Å². The van der Waals surface area contributed by atoms with E-state index in [4.69, 9.17) is 15.2 Å². The van der Waals surface area contributed by atoms with E-state index in [1.54, 1.807) is 6.92 Å². The topological polar surface area (TPSA) is 91.4 Å². The van der Waals surface area contributed by atoms with Crippen molar-refractivity contribution < 1.29 is 23.0 Å². The first-order chi connectivity index (χ1) is 14.4. The number of ether oxygens (including phenoxy) is 2. The lowest BCUT2D eigenvalue weighted by Crippen LogP contribution is -2.38. The van der Waals surface area contributed by atoms with Crippen LogP contribution in [0.15, 0.2) is 36.4 Å². The van der Waals surface area contributed by atoms with E-state index < -0.39 is 17.7 Å². The van der Waals surface area contributed by atoms with Crippen LogP contribution in [0.4, 0.5) is 8.78 Å². The molecular formula is C21H24F2N4O3. The zero-order valence-electron chi connectivity index (χ0n) is 16.8. The van der Waals surface area contributed by atoms with Gasteiger partial charge in [0.05, 0.1) is 30.2 Å². The van der Waals surface area contributed by atoms with Crippen LogP contribution < -0.4 is 15.8 Å². The molecule has 0 bridgehead atoms. The molecule has 2 aromatic carbocycles. The summed E-state index contributed by atoms with van der Waals surface area (Å²) in [7, 11) is 0. The number of nitrogens with one attached hydrogen (secondary N) is 1. The lowest BCUT2D eigenvalue weighted by Gasteiger charge is -2.12. The van der Waals surface area contributed by atoms with Gasteiger partial charge in [-0.1, -0.05) is 0 Å². The number of halogens is 2. The van der Waals surface area contributed by atoms with Gasteiger partial charge in [-0.15, -0.1) is 0 Å². The Morgan fingerprint density at radius 2 is 2.00 bits per heavy atom. The highest BCUT2D eigenvalue weighted by molar-refractivity contribution is 5.81. The number of carbonyl (C=O) groups is 1. The second-order valence-corrected chi connectivity index (χ2v) is 6.71. The maximum Gasteiger partial charge on any atom is 0.237 e. The summed E-state index contributed by atoms with van der Waals surface area (Å²) in [6.07, 6.45) is 0. The second-order valence-electron chi connectivity index (χ2n) is 6.71. The van der Waals surface area contributed by atoms with E-state index in [2.05, 4.69) is 10.3 Å². The van der Waals surface area contributed by atoms with E-state index in [9.17, 15) is 13.6 Å². The molecule has 1 aromatic heterocycles. The quantitative estimate of drug-likeness (QED) is 0.521. The van der Waals surface area contributed by atoms with Crippen LogP contribution in [0.3, 0.4) is 0 Å². The Balaban J connectivity index is 1.94. The number of carbonyl (C=O) groups excluding carboxylic acids is 1. The summed E-state index contributed by atoms with van der Waals surface area (Å²) in [6.45, 7) is 5.03. The molecule has 7 nitrogen and oxygen atoms in total. The molecule has 0 saturated carbocycles. The van der Waals surface area contributed by atoms with Gasteiger partial charge < -0.3 is 25.1 Å². The zero-order valence-corrected chi connectivity index (χ0v) is 16.8. The summed E-state index contributed by atoms with van der Waals surface area (Å²) >= 11 is 0. The fraction of sp³-hybridized carbons (Fsp3) is 0.333. The van der Waals surface area contributed by atoms with Crippen molar-refractivity contribution in [2.75, 3.05) is 13.2 Å². The lowest BCUT2D eigenvalue weighted by molar-refractivity contribution is -0.122. The van der Waals surface area contributed by atoms with Gasteiger partial charge in [-0.25, -0.2) is 13.8 Å². The van der Waals surface area contributed by atoms with E-state index in [1.165, 1.54) is 36.4 Å². The van der Waals surface area contributed by atoms with Gasteiger partial charge in [-0.05, 0) is 38.1 Å². The molecule has 30 heavy (non-hydrogen) atoms. The van der Waals surface area contributed by atoms with Crippen LogP contribution >= 0.6 is 0 Å². The Bertz CT molecular complexity index is 1020. The third-order valence-corrected chi connectivity index (χ3v) is 4.42. The monoisotopic (exact) mass is 418 g/mol. The second kappa shape index (κ2) is 9.64. The van der Waals surface area contributed by atoms with Crippen LogP contribution in [0.2, 0.25) is 0 Å². The normalized spacial score (nSPS) is 12.2. The average Bonchev–Trinajstić information content (AvgIpc) is 3.04. The molecule has 3 aromatic rings. The first-order valence-corrected chi connectivity index (χ1v) is 9.62. The number of nitrogens with zero attached hydrogens (tertiary/aromatic N) is 2. The third kappa shape index (κ3) is 5.11. The molecule has 0 spiro atoms. The molecule has 0 fully saturated rings. The standard InChI is InChI=1S/C21H24F2N4O3/c1-3-29-9-8-27-18-11-19(30-15-6-4-14(22)5-7-15)16(23)10-17(18)26-20(27)12-25-21(28)13(2)24/h4-7,10-11,13H,3,8-9,12,24H2,1-2H3,(H,25,28)/t13-/m0/s1. The van der Waals surface area contributed by atoms with Crippen LogP contribution in [-0.4, -0.2) is 34.7 Å². The lowest BCUT2D eigenvalue weighted by atomic mass is 10.2. The van der Waals surface area contributed by atoms with Crippen molar-refractivity contribution in [3.8, 4) is 11.5 Å². The number of hydrogen-bond donors (Lipinski definition) is 2. The van der Waals surface area contributed by atoms with Crippen LogP contribution in [0.1, 0.15) is 19.7 Å². The molecule has 3 N–H and O–H groups in total. The molecule has 1 atom stereocenters. The Morgan fingerprint density at radius 3 is 2.67 bits per heavy atom. The minimum Gasteiger partial charge on any atom is -0.454 e. The van der Waals surface area contributed by atoms with Gasteiger partial charge in [0, 0.05) is 25.3 Å². The smallest absolute Gasteiger partial charge is 0.237 e. The van der Waals surface area contributed by atoms with Crippen LogP contribution in [0.5, 0.6) is 11.5 Å². The summed E-state index contributed by atoms with van der Waals surface area (Å²) in [5.41, 5.74) is 6.63. The van der Waals surface area contributed by atoms with E-state index in [-0.39, 0.29) is 18.2 Å². The van der Waals surface area contributed by atoms with Gasteiger partial charge in [0.15, 0.2) is 11.6 Å². The molecule has 160 valence electrons. The zero-order chi connectivity index (χ0) is 21.7. The highest BCUT2D eigenvalue weighted by Gasteiger charge is 2.17. The van der Waals surface area contributed by atoms with Crippen LogP contribution in [0, 0.1) is 11.6 Å². The fourth-order valence-corrected chi connectivity index (χ4v) is 2.90. The number of nitrogens with two attached hydrogens (primary N) is 1. The van der Waals surface area contributed by atoms with Crippen LogP contribution in [-0.2, 0) is 22.6 Å². The molecule has 9 heteroatoms. The van der Waals surface area contributed by atoms with E-state index in [0.717, 1.165) is 0 Å². The van der Waals surface area contributed by atoms with Crippen molar-refractivity contribution in [1.29, 1.82) is 0 Å². The van der Waals surface area contributed by atoms with Gasteiger partial charge in [-0.2, -0.15) is 0 Å². The molecule has 0 aliphatic carbocycles. The summed E-state index contributed by atoms with van der Waals surface area (Å²) in [6, 6.07) is 7.45. The Hall–Kier alpha value is -3.04. The molecular weight excluding hydrogens is 394 g/mol. The first-order valence-electron chi connectivity index (χ1n) is 9.62. The van der Waals surface area contributed by atoms with E-state index >= 15 is 0 Å². The average molecular weight is 418 g/mol. The molecule has 0 unspecified atom stereocenters. The first kappa shape index (κ1) is 21.7. The van der Waals surface area contributed by atoms with Crippen molar-refractivity contribution in [3.05, 3.63) is 53.9 Å².